The zero-order valence-corrected chi connectivity index (χ0v) is 16.2. The van der Waals surface area contributed by atoms with Crippen LogP contribution < -0.4 is 9.47 Å². The normalized spacial score (nSPS) is 10.5. The highest BCUT2D eigenvalue weighted by Gasteiger charge is 2.16. The molecule has 0 atom stereocenters. The molecule has 0 aliphatic heterocycles. The average molecular weight is 381 g/mol. The Morgan fingerprint density at radius 2 is 1.68 bits per heavy atom. The maximum Gasteiger partial charge on any atom is 0.342 e. The number of ether oxygens (including phenoxy) is 3. The van der Waals surface area contributed by atoms with Crippen LogP contribution in [0.25, 0.3) is 0 Å². The van der Waals surface area contributed by atoms with Crippen LogP contribution in [0, 0.1) is 13.8 Å². The minimum Gasteiger partial charge on any atom is -0.493 e. The molecule has 0 radical (unpaired) electrons. The van der Waals surface area contributed by atoms with Crippen molar-refractivity contribution in [2.75, 3.05) is 6.61 Å². The van der Waals surface area contributed by atoms with Crippen molar-refractivity contribution < 1.29 is 23.5 Å². The number of esters is 1. The minimum atomic E-state index is -0.458. The van der Waals surface area contributed by atoms with E-state index in [1.807, 2.05) is 51.1 Å². The summed E-state index contributed by atoms with van der Waals surface area (Å²) < 4.78 is 22.1. The number of hydrogen-bond acceptors (Lipinski definition) is 6. The number of carbonyl (C=O) groups is 1. The lowest BCUT2D eigenvalue weighted by Gasteiger charge is -2.13. The number of carbonyl (C=O) groups excluding carboxylic acids is 1. The number of rotatable bonds is 8. The van der Waals surface area contributed by atoms with Crippen molar-refractivity contribution in [3.8, 4) is 11.5 Å². The van der Waals surface area contributed by atoms with E-state index >= 15 is 0 Å². The molecule has 0 spiro atoms. The second kappa shape index (κ2) is 9.08. The summed E-state index contributed by atoms with van der Waals surface area (Å²) in [5.41, 5.74) is 2.81. The van der Waals surface area contributed by atoms with E-state index in [1.165, 1.54) is 0 Å². The number of nitrogens with zero attached hydrogens (tertiary/aromatic N) is 1. The van der Waals surface area contributed by atoms with Crippen molar-refractivity contribution in [2.45, 2.75) is 34.0 Å². The number of aryl methyl sites for hydroxylation is 2. The zero-order valence-electron chi connectivity index (χ0n) is 16.2. The fraction of sp³-hybridized carbons (Fsp3) is 0.273. The van der Waals surface area contributed by atoms with Crippen molar-refractivity contribution in [2.24, 2.45) is 0 Å². The van der Waals surface area contributed by atoms with Crippen molar-refractivity contribution in [1.82, 2.24) is 5.16 Å². The van der Waals surface area contributed by atoms with Gasteiger partial charge < -0.3 is 18.7 Å². The second-order valence-corrected chi connectivity index (χ2v) is 6.20. The molecule has 3 rings (SSSR count). The van der Waals surface area contributed by atoms with E-state index < -0.39 is 5.97 Å². The standard InChI is InChI=1S/C22H23NO5/c1-4-25-20-11-7-5-9-17(20)13-27-22(24)18-10-6-8-12-21(18)26-14-19-15(2)23-28-16(19)3/h5-12H,4,13-14H2,1-3H3. The molecule has 0 saturated carbocycles. The first-order valence-corrected chi connectivity index (χ1v) is 9.11. The van der Waals surface area contributed by atoms with Crippen LogP contribution in [0.5, 0.6) is 11.5 Å². The Kier molecular flexibility index (Phi) is 6.32. The van der Waals surface area contributed by atoms with Gasteiger partial charge in [0, 0.05) is 5.56 Å². The number of para-hydroxylation sites is 2. The molecule has 0 aliphatic carbocycles. The SMILES string of the molecule is CCOc1ccccc1COC(=O)c1ccccc1OCc1c(C)noc1C. The summed E-state index contributed by atoms with van der Waals surface area (Å²) in [5.74, 6) is 1.40. The van der Waals surface area contributed by atoms with Crippen molar-refractivity contribution in [3.05, 3.63) is 76.7 Å². The largest absolute Gasteiger partial charge is 0.493 e. The third kappa shape index (κ3) is 4.52. The Morgan fingerprint density at radius 3 is 2.39 bits per heavy atom. The predicted molar refractivity (Wildman–Crippen MR) is 103 cm³/mol. The third-order valence-corrected chi connectivity index (χ3v) is 4.29. The molecule has 1 aromatic heterocycles. The van der Waals surface area contributed by atoms with E-state index in [0.29, 0.717) is 29.4 Å². The Balaban J connectivity index is 1.69. The van der Waals surface area contributed by atoms with Gasteiger partial charge in [0.1, 0.15) is 36.0 Å². The number of hydrogen-bond donors (Lipinski definition) is 0. The van der Waals surface area contributed by atoms with Gasteiger partial charge in [0.2, 0.25) is 0 Å². The summed E-state index contributed by atoms with van der Waals surface area (Å²) in [5, 5.41) is 3.91. The molecule has 6 heteroatoms. The lowest BCUT2D eigenvalue weighted by molar-refractivity contribution is 0.0464. The maximum absolute atomic E-state index is 12.6. The first-order chi connectivity index (χ1) is 13.6. The Labute approximate surface area is 164 Å². The van der Waals surface area contributed by atoms with E-state index in [0.717, 1.165) is 16.8 Å². The van der Waals surface area contributed by atoms with Crippen LogP contribution in [0.1, 0.15) is 39.9 Å². The van der Waals surface area contributed by atoms with Gasteiger partial charge in [0.25, 0.3) is 0 Å². The molecular weight excluding hydrogens is 358 g/mol. The number of benzene rings is 2. The first kappa shape index (κ1) is 19.5. The monoisotopic (exact) mass is 381 g/mol. The molecule has 0 bridgehead atoms. The molecule has 0 unspecified atom stereocenters. The molecule has 1 heterocycles. The lowest BCUT2D eigenvalue weighted by Crippen LogP contribution is -2.09. The maximum atomic E-state index is 12.6. The van der Waals surface area contributed by atoms with Gasteiger partial charge in [-0.15, -0.1) is 0 Å². The highest BCUT2D eigenvalue weighted by molar-refractivity contribution is 5.92. The second-order valence-electron chi connectivity index (χ2n) is 6.20. The summed E-state index contributed by atoms with van der Waals surface area (Å²) >= 11 is 0. The predicted octanol–water partition coefficient (Wildman–Crippen LogP) is 4.63. The molecular formula is C22H23NO5. The van der Waals surface area contributed by atoms with Gasteiger partial charge >= 0.3 is 5.97 Å². The van der Waals surface area contributed by atoms with Crippen LogP contribution in [-0.2, 0) is 18.0 Å². The highest BCUT2D eigenvalue weighted by Crippen LogP contribution is 2.24. The van der Waals surface area contributed by atoms with E-state index in [1.54, 1.807) is 18.2 Å². The van der Waals surface area contributed by atoms with Gasteiger partial charge in [-0.05, 0) is 39.0 Å². The molecule has 3 aromatic rings. The summed E-state index contributed by atoms with van der Waals surface area (Å²) in [4.78, 5) is 12.6. The Hall–Kier alpha value is -3.28. The van der Waals surface area contributed by atoms with E-state index in [2.05, 4.69) is 5.16 Å². The molecule has 2 aromatic carbocycles. The molecule has 146 valence electrons. The third-order valence-electron chi connectivity index (χ3n) is 4.29. The summed E-state index contributed by atoms with van der Waals surface area (Å²) in [6, 6.07) is 14.5. The van der Waals surface area contributed by atoms with E-state index in [9.17, 15) is 4.79 Å². The van der Waals surface area contributed by atoms with Crippen LogP contribution in [-0.4, -0.2) is 17.7 Å². The van der Waals surface area contributed by atoms with Crippen LogP contribution in [0.15, 0.2) is 53.1 Å². The van der Waals surface area contributed by atoms with Gasteiger partial charge in [-0.3, -0.25) is 0 Å². The van der Waals surface area contributed by atoms with E-state index in [-0.39, 0.29) is 13.2 Å². The summed E-state index contributed by atoms with van der Waals surface area (Å²) in [6.07, 6.45) is 0. The molecule has 0 fully saturated rings. The molecule has 0 N–H and O–H groups in total. The van der Waals surface area contributed by atoms with Crippen LogP contribution in [0.3, 0.4) is 0 Å². The fourth-order valence-corrected chi connectivity index (χ4v) is 2.76. The van der Waals surface area contributed by atoms with Crippen LogP contribution in [0.4, 0.5) is 0 Å². The molecule has 0 amide bonds. The molecule has 6 nitrogen and oxygen atoms in total. The zero-order chi connectivity index (χ0) is 19.9. The molecule has 28 heavy (non-hydrogen) atoms. The van der Waals surface area contributed by atoms with Crippen molar-refractivity contribution in [3.63, 3.8) is 0 Å². The summed E-state index contributed by atoms with van der Waals surface area (Å²) in [7, 11) is 0. The molecule has 0 saturated heterocycles. The van der Waals surface area contributed by atoms with Crippen molar-refractivity contribution in [1.29, 1.82) is 0 Å². The Morgan fingerprint density at radius 1 is 0.964 bits per heavy atom. The van der Waals surface area contributed by atoms with Crippen molar-refractivity contribution >= 4 is 5.97 Å². The van der Waals surface area contributed by atoms with Gasteiger partial charge in [-0.25, -0.2) is 4.79 Å². The number of aromatic nitrogens is 1. The fourth-order valence-electron chi connectivity index (χ4n) is 2.76. The molecule has 0 aliphatic rings. The van der Waals surface area contributed by atoms with Gasteiger partial charge in [-0.1, -0.05) is 35.5 Å². The van der Waals surface area contributed by atoms with Crippen LogP contribution >= 0.6 is 0 Å². The Bertz CT molecular complexity index is 928. The first-order valence-electron chi connectivity index (χ1n) is 9.11. The van der Waals surface area contributed by atoms with Crippen LogP contribution in [0.2, 0.25) is 0 Å². The average Bonchev–Trinajstić information content (AvgIpc) is 3.03. The van der Waals surface area contributed by atoms with E-state index in [4.69, 9.17) is 18.7 Å². The summed E-state index contributed by atoms with van der Waals surface area (Å²) in [6.45, 7) is 6.52. The van der Waals surface area contributed by atoms with Gasteiger partial charge in [0.05, 0.1) is 17.9 Å². The topological polar surface area (TPSA) is 70.8 Å². The minimum absolute atomic E-state index is 0.118. The quantitative estimate of drug-likeness (QED) is 0.530. The smallest absolute Gasteiger partial charge is 0.342 e. The highest BCUT2D eigenvalue weighted by atomic mass is 16.5. The van der Waals surface area contributed by atoms with Gasteiger partial charge in [0.15, 0.2) is 0 Å². The van der Waals surface area contributed by atoms with Gasteiger partial charge in [-0.2, -0.15) is 0 Å². The lowest BCUT2D eigenvalue weighted by atomic mass is 10.2.